The van der Waals surface area contributed by atoms with Gasteiger partial charge >= 0.3 is 5.97 Å². The van der Waals surface area contributed by atoms with Gasteiger partial charge in [0.1, 0.15) is 11.6 Å². The van der Waals surface area contributed by atoms with Crippen LogP contribution in [0.1, 0.15) is 35.7 Å². The predicted molar refractivity (Wildman–Crippen MR) is 112 cm³/mol. The van der Waals surface area contributed by atoms with E-state index in [0.29, 0.717) is 18.4 Å². The monoisotopic (exact) mass is 466 g/mol. The molecule has 0 radical (unpaired) electrons. The molecule has 0 saturated carbocycles. The Hall–Kier alpha value is -2.85. The molecule has 1 N–H and O–H groups in total. The first kappa shape index (κ1) is 23.8. The van der Waals surface area contributed by atoms with Gasteiger partial charge in [0.15, 0.2) is 0 Å². The molecule has 0 atom stereocenters. The number of piperidine rings is 1. The molecule has 1 heterocycles. The first-order valence-electron chi connectivity index (χ1n) is 10.2. The molecule has 10 heteroatoms. The summed E-state index contributed by atoms with van der Waals surface area (Å²) in [4.78, 5) is 24.2. The Kier molecular flexibility index (Phi) is 7.57. The van der Waals surface area contributed by atoms with Crippen LogP contribution < -0.4 is 5.32 Å². The second kappa shape index (κ2) is 10.2. The first-order chi connectivity index (χ1) is 15.2. The number of hydrogen-bond donors (Lipinski definition) is 1. The number of benzene rings is 2. The summed E-state index contributed by atoms with van der Waals surface area (Å²) in [7, 11) is -3.76. The largest absolute Gasteiger partial charge is 0.462 e. The molecule has 1 amide bonds. The number of ether oxygens (including phenoxy) is 1. The maximum atomic E-state index is 13.3. The third-order valence-electron chi connectivity index (χ3n) is 5.22. The lowest BCUT2D eigenvalue weighted by Gasteiger charge is -2.30. The number of nitrogens with zero attached hydrogens (tertiary/aromatic N) is 1. The van der Waals surface area contributed by atoms with Crippen LogP contribution in [0.3, 0.4) is 0 Å². The minimum Gasteiger partial charge on any atom is -0.462 e. The van der Waals surface area contributed by atoms with Crippen molar-refractivity contribution in [3.63, 3.8) is 0 Å². The molecule has 0 unspecified atom stereocenters. The van der Waals surface area contributed by atoms with Gasteiger partial charge in [0.25, 0.3) is 0 Å². The maximum Gasteiger partial charge on any atom is 0.338 e. The van der Waals surface area contributed by atoms with Gasteiger partial charge in [-0.15, -0.1) is 0 Å². The fraction of sp³-hybridized carbons (Fsp3) is 0.364. The summed E-state index contributed by atoms with van der Waals surface area (Å²) in [6.07, 6.45) is 0.646. The summed E-state index contributed by atoms with van der Waals surface area (Å²) in [5, 5.41) is 2.65. The van der Waals surface area contributed by atoms with Crippen LogP contribution in [0.2, 0.25) is 0 Å². The van der Waals surface area contributed by atoms with E-state index in [0.717, 1.165) is 18.2 Å². The van der Waals surface area contributed by atoms with Gasteiger partial charge in [0, 0.05) is 31.6 Å². The lowest BCUT2D eigenvalue weighted by atomic mass is 9.97. The number of nitrogens with one attached hydrogen (secondary N) is 1. The molecule has 3 rings (SSSR count). The van der Waals surface area contributed by atoms with Crippen LogP contribution in [-0.2, 0) is 26.1 Å². The summed E-state index contributed by atoms with van der Waals surface area (Å²) in [6, 6.07) is 8.57. The van der Waals surface area contributed by atoms with Crippen LogP contribution in [0.15, 0.2) is 47.4 Å². The SMILES string of the molecule is CCOC(=O)c1ccc(S(=O)(=O)N2CCC(C(=O)NCc3cc(F)cc(F)c3)CC2)cc1. The molecule has 2 aromatic rings. The van der Waals surface area contributed by atoms with Gasteiger partial charge in [-0.2, -0.15) is 4.31 Å². The van der Waals surface area contributed by atoms with E-state index in [9.17, 15) is 26.8 Å². The van der Waals surface area contributed by atoms with Crippen LogP contribution in [-0.4, -0.2) is 44.3 Å². The van der Waals surface area contributed by atoms with E-state index in [1.165, 1.54) is 28.6 Å². The van der Waals surface area contributed by atoms with E-state index < -0.39 is 33.5 Å². The Bertz CT molecular complexity index is 1060. The minimum atomic E-state index is -3.76. The van der Waals surface area contributed by atoms with Crippen molar-refractivity contribution in [3.05, 3.63) is 65.2 Å². The van der Waals surface area contributed by atoms with Crippen molar-refractivity contribution in [2.75, 3.05) is 19.7 Å². The van der Waals surface area contributed by atoms with Crippen molar-refractivity contribution in [2.45, 2.75) is 31.2 Å². The van der Waals surface area contributed by atoms with E-state index >= 15 is 0 Å². The number of amides is 1. The standard InChI is InChI=1S/C22H24F2N2O5S/c1-2-31-22(28)17-3-5-20(6-4-17)32(29,30)26-9-7-16(8-10-26)21(27)25-14-15-11-18(23)13-19(24)12-15/h3-6,11-13,16H,2,7-10,14H2,1H3,(H,25,27). The molecule has 1 aliphatic rings. The first-order valence-corrected chi connectivity index (χ1v) is 11.6. The molecule has 1 saturated heterocycles. The highest BCUT2D eigenvalue weighted by atomic mass is 32.2. The van der Waals surface area contributed by atoms with Crippen LogP contribution in [0, 0.1) is 17.6 Å². The predicted octanol–water partition coefficient (Wildman–Crippen LogP) is 2.86. The molecule has 32 heavy (non-hydrogen) atoms. The number of halogens is 2. The van der Waals surface area contributed by atoms with Crippen molar-refractivity contribution >= 4 is 21.9 Å². The van der Waals surface area contributed by atoms with Crippen molar-refractivity contribution < 1.29 is 31.5 Å². The van der Waals surface area contributed by atoms with Gasteiger partial charge < -0.3 is 10.1 Å². The Morgan fingerprint density at radius 3 is 2.22 bits per heavy atom. The van der Waals surface area contributed by atoms with E-state index in [4.69, 9.17) is 4.74 Å². The second-order valence-electron chi connectivity index (χ2n) is 7.42. The summed E-state index contributed by atoms with van der Waals surface area (Å²) in [6.45, 7) is 2.21. The Labute approximate surface area is 185 Å². The van der Waals surface area contributed by atoms with Crippen molar-refractivity contribution in [1.29, 1.82) is 0 Å². The molecular formula is C22H24F2N2O5S. The Morgan fingerprint density at radius 2 is 1.66 bits per heavy atom. The zero-order valence-corrected chi connectivity index (χ0v) is 18.3. The molecule has 7 nitrogen and oxygen atoms in total. The minimum absolute atomic E-state index is 0.0150. The Balaban J connectivity index is 1.56. The van der Waals surface area contributed by atoms with Crippen LogP contribution in [0.5, 0.6) is 0 Å². The third kappa shape index (κ3) is 5.68. The quantitative estimate of drug-likeness (QED) is 0.634. The van der Waals surface area contributed by atoms with Gasteiger partial charge in [-0.1, -0.05) is 0 Å². The molecule has 172 valence electrons. The third-order valence-corrected chi connectivity index (χ3v) is 7.13. The van der Waals surface area contributed by atoms with E-state index in [1.807, 2.05) is 0 Å². The number of hydrogen-bond acceptors (Lipinski definition) is 5. The average molecular weight is 467 g/mol. The fourth-order valence-corrected chi connectivity index (χ4v) is 5.00. The van der Waals surface area contributed by atoms with Crippen LogP contribution in [0.25, 0.3) is 0 Å². The number of rotatable bonds is 7. The van der Waals surface area contributed by atoms with Gasteiger partial charge in [-0.3, -0.25) is 4.79 Å². The van der Waals surface area contributed by atoms with Gasteiger partial charge in [0.2, 0.25) is 15.9 Å². The molecule has 2 aromatic carbocycles. The number of esters is 1. The highest BCUT2D eigenvalue weighted by molar-refractivity contribution is 7.89. The highest BCUT2D eigenvalue weighted by Crippen LogP contribution is 2.24. The average Bonchev–Trinajstić information content (AvgIpc) is 2.77. The van der Waals surface area contributed by atoms with Gasteiger partial charge in [0.05, 0.1) is 17.1 Å². The molecule has 0 bridgehead atoms. The topological polar surface area (TPSA) is 92.8 Å². The summed E-state index contributed by atoms with van der Waals surface area (Å²) >= 11 is 0. The lowest BCUT2D eigenvalue weighted by Crippen LogP contribution is -2.42. The molecule has 0 aliphatic carbocycles. The van der Waals surface area contributed by atoms with Crippen LogP contribution >= 0.6 is 0 Å². The lowest BCUT2D eigenvalue weighted by molar-refractivity contribution is -0.126. The van der Waals surface area contributed by atoms with E-state index in [2.05, 4.69) is 5.32 Å². The zero-order chi connectivity index (χ0) is 23.3. The summed E-state index contributed by atoms with van der Waals surface area (Å²) in [5.74, 6) is -2.65. The zero-order valence-electron chi connectivity index (χ0n) is 17.5. The fourth-order valence-electron chi connectivity index (χ4n) is 3.53. The van der Waals surface area contributed by atoms with E-state index in [-0.39, 0.29) is 42.6 Å². The Morgan fingerprint density at radius 1 is 1.06 bits per heavy atom. The highest BCUT2D eigenvalue weighted by Gasteiger charge is 2.32. The normalized spacial score (nSPS) is 15.3. The van der Waals surface area contributed by atoms with Gasteiger partial charge in [-0.05, 0) is 61.7 Å². The molecular weight excluding hydrogens is 442 g/mol. The van der Waals surface area contributed by atoms with Crippen molar-refractivity contribution in [3.8, 4) is 0 Å². The van der Waals surface area contributed by atoms with E-state index in [1.54, 1.807) is 6.92 Å². The van der Waals surface area contributed by atoms with Crippen molar-refractivity contribution in [1.82, 2.24) is 9.62 Å². The number of carbonyl (C=O) groups excluding carboxylic acids is 2. The van der Waals surface area contributed by atoms with Crippen LogP contribution in [0.4, 0.5) is 8.78 Å². The molecule has 1 fully saturated rings. The van der Waals surface area contributed by atoms with Crippen molar-refractivity contribution in [2.24, 2.45) is 5.92 Å². The number of carbonyl (C=O) groups is 2. The molecule has 1 aliphatic heterocycles. The van der Waals surface area contributed by atoms with Gasteiger partial charge in [-0.25, -0.2) is 22.0 Å². The maximum absolute atomic E-state index is 13.3. The second-order valence-corrected chi connectivity index (χ2v) is 9.36. The number of sulfonamides is 1. The molecule has 0 spiro atoms. The summed E-state index contributed by atoms with van der Waals surface area (Å²) < 4.78 is 58.5. The molecule has 0 aromatic heterocycles. The summed E-state index contributed by atoms with van der Waals surface area (Å²) in [5.41, 5.74) is 0.571. The smallest absolute Gasteiger partial charge is 0.338 e.